The molecule has 1 aliphatic rings. The van der Waals surface area contributed by atoms with E-state index >= 15 is 0 Å². The average molecular weight is 416 g/mol. The van der Waals surface area contributed by atoms with Gasteiger partial charge in [-0.2, -0.15) is 17.5 Å². The Morgan fingerprint density at radius 3 is 2.36 bits per heavy atom. The maximum Gasteiger partial charge on any atom is 0.418 e. The third-order valence-electron chi connectivity index (χ3n) is 4.42. The van der Waals surface area contributed by atoms with Crippen LogP contribution in [-0.4, -0.2) is 31.2 Å². The van der Waals surface area contributed by atoms with Crippen LogP contribution in [0.5, 0.6) is 0 Å². The number of carbonyl (C=O) groups excluding carboxylic acids is 1. The summed E-state index contributed by atoms with van der Waals surface area (Å²) in [5.74, 6) is -1.46. The fourth-order valence-corrected chi connectivity index (χ4v) is 4.74. The molecule has 0 radical (unpaired) electrons. The smallest absolute Gasteiger partial charge is 0.324 e. The van der Waals surface area contributed by atoms with E-state index in [-0.39, 0.29) is 17.9 Å². The molecule has 0 bridgehead atoms. The molecule has 0 unspecified atom stereocenters. The molecule has 150 valence electrons. The molecule has 1 N–H and O–H groups in total. The van der Waals surface area contributed by atoms with Crippen LogP contribution in [0.15, 0.2) is 53.4 Å². The zero-order valence-electron chi connectivity index (χ0n) is 14.4. The first-order valence-corrected chi connectivity index (χ1v) is 9.79. The molecule has 0 aromatic heterocycles. The fraction of sp³-hybridized carbons (Fsp3) is 0.278. The normalized spacial score (nSPS) is 18.2. The van der Waals surface area contributed by atoms with Gasteiger partial charge in [0.1, 0.15) is 11.9 Å². The quantitative estimate of drug-likeness (QED) is 0.774. The molecule has 10 heteroatoms. The first kappa shape index (κ1) is 20.3. The molecule has 5 nitrogen and oxygen atoms in total. The van der Waals surface area contributed by atoms with E-state index in [9.17, 15) is 30.8 Å². The topological polar surface area (TPSA) is 66.5 Å². The second-order valence-corrected chi connectivity index (χ2v) is 8.15. The lowest BCUT2D eigenvalue weighted by atomic mass is 10.1. The molecule has 3 rings (SSSR count). The highest BCUT2D eigenvalue weighted by molar-refractivity contribution is 7.89. The van der Waals surface area contributed by atoms with Crippen LogP contribution in [0, 0.1) is 5.82 Å². The van der Waals surface area contributed by atoms with E-state index in [1.165, 1.54) is 12.1 Å². The minimum atomic E-state index is -4.67. The third kappa shape index (κ3) is 4.02. The summed E-state index contributed by atoms with van der Waals surface area (Å²) in [4.78, 5) is 12.4. The standard InChI is InChI=1S/C18H16F4N2O3S/c19-12-7-9-13(10-8-12)28(26,27)24-11-3-6-16(24)17(25)23-15-5-2-1-4-14(15)18(20,21)22/h1-2,4-5,7-10,16H,3,6,11H2,(H,23,25)/t16-/m1/s1. The van der Waals surface area contributed by atoms with Gasteiger partial charge in [-0.15, -0.1) is 0 Å². The van der Waals surface area contributed by atoms with Crippen LogP contribution < -0.4 is 5.32 Å². The number of nitrogens with one attached hydrogen (secondary N) is 1. The van der Waals surface area contributed by atoms with Gasteiger partial charge in [0.2, 0.25) is 15.9 Å². The van der Waals surface area contributed by atoms with Crippen LogP contribution in [0.3, 0.4) is 0 Å². The van der Waals surface area contributed by atoms with E-state index in [2.05, 4.69) is 5.32 Å². The van der Waals surface area contributed by atoms with Crippen LogP contribution >= 0.6 is 0 Å². The van der Waals surface area contributed by atoms with Gasteiger partial charge in [-0.05, 0) is 49.2 Å². The lowest BCUT2D eigenvalue weighted by Crippen LogP contribution is -2.43. The number of anilines is 1. The van der Waals surface area contributed by atoms with E-state index < -0.39 is 45.2 Å². The molecule has 1 aliphatic heterocycles. The van der Waals surface area contributed by atoms with Gasteiger partial charge in [0, 0.05) is 6.54 Å². The van der Waals surface area contributed by atoms with Crippen molar-refractivity contribution in [2.45, 2.75) is 30.0 Å². The summed E-state index contributed by atoms with van der Waals surface area (Å²) in [6.07, 6.45) is -4.13. The highest BCUT2D eigenvalue weighted by Gasteiger charge is 2.40. The molecule has 0 spiro atoms. The summed E-state index contributed by atoms with van der Waals surface area (Å²) in [5, 5.41) is 2.20. The van der Waals surface area contributed by atoms with Gasteiger partial charge in [0.05, 0.1) is 16.1 Å². The number of rotatable bonds is 4. The minimum Gasteiger partial charge on any atom is -0.324 e. The Morgan fingerprint density at radius 2 is 1.71 bits per heavy atom. The maximum atomic E-state index is 13.1. The first-order valence-electron chi connectivity index (χ1n) is 8.35. The number of halogens is 4. The molecule has 2 aromatic rings. The molecule has 1 saturated heterocycles. The lowest BCUT2D eigenvalue weighted by Gasteiger charge is -2.24. The van der Waals surface area contributed by atoms with Crippen molar-refractivity contribution in [2.24, 2.45) is 0 Å². The zero-order chi connectivity index (χ0) is 20.5. The van der Waals surface area contributed by atoms with Gasteiger partial charge in [-0.3, -0.25) is 4.79 Å². The molecule has 0 saturated carbocycles. The molecule has 1 fully saturated rings. The van der Waals surface area contributed by atoms with Crippen molar-refractivity contribution in [3.05, 3.63) is 59.9 Å². The van der Waals surface area contributed by atoms with Crippen LogP contribution in [0.1, 0.15) is 18.4 Å². The Labute approximate surface area is 159 Å². The van der Waals surface area contributed by atoms with Gasteiger partial charge in [0.15, 0.2) is 0 Å². The van der Waals surface area contributed by atoms with E-state index in [4.69, 9.17) is 0 Å². The van der Waals surface area contributed by atoms with Crippen LogP contribution in [0.4, 0.5) is 23.2 Å². The molecular weight excluding hydrogens is 400 g/mol. The predicted octanol–water partition coefficient (Wildman–Crippen LogP) is 3.64. The van der Waals surface area contributed by atoms with E-state index in [0.29, 0.717) is 6.42 Å². The van der Waals surface area contributed by atoms with Crippen molar-refractivity contribution in [2.75, 3.05) is 11.9 Å². The molecule has 0 aliphatic carbocycles. The number of hydrogen-bond donors (Lipinski definition) is 1. The van der Waals surface area contributed by atoms with Crippen LogP contribution in [-0.2, 0) is 21.0 Å². The lowest BCUT2D eigenvalue weighted by molar-refractivity contribution is -0.137. The van der Waals surface area contributed by atoms with E-state index in [0.717, 1.165) is 40.7 Å². The number of carbonyl (C=O) groups is 1. The zero-order valence-corrected chi connectivity index (χ0v) is 15.2. The predicted molar refractivity (Wildman–Crippen MR) is 93.4 cm³/mol. The van der Waals surface area contributed by atoms with Gasteiger partial charge < -0.3 is 5.32 Å². The summed E-state index contributed by atoms with van der Waals surface area (Å²) >= 11 is 0. The Balaban J connectivity index is 1.86. The van der Waals surface area contributed by atoms with Crippen LogP contribution in [0.25, 0.3) is 0 Å². The van der Waals surface area contributed by atoms with Crippen molar-refractivity contribution < 1.29 is 30.8 Å². The van der Waals surface area contributed by atoms with Gasteiger partial charge in [-0.1, -0.05) is 12.1 Å². The maximum absolute atomic E-state index is 13.1. The van der Waals surface area contributed by atoms with E-state index in [1.54, 1.807) is 0 Å². The first-order chi connectivity index (χ1) is 13.1. The second kappa shape index (κ2) is 7.51. The Kier molecular flexibility index (Phi) is 5.44. The number of alkyl halides is 3. The Bertz CT molecular complexity index is 975. The van der Waals surface area contributed by atoms with Crippen molar-refractivity contribution in [3.8, 4) is 0 Å². The van der Waals surface area contributed by atoms with Crippen LogP contribution in [0.2, 0.25) is 0 Å². The Morgan fingerprint density at radius 1 is 1.07 bits per heavy atom. The van der Waals surface area contributed by atoms with Gasteiger partial charge >= 0.3 is 6.18 Å². The van der Waals surface area contributed by atoms with Crippen molar-refractivity contribution in [3.63, 3.8) is 0 Å². The van der Waals surface area contributed by atoms with E-state index in [1.807, 2.05) is 0 Å². The number of sulfonamides is 1. The molecule has 1 atom stereocenters. The monoisotopic (exact) mass is 416 g/mol. The van der Waals surface area contributed by atoms with Gasteiger partial charge in [-0.25, -0.2) is 12.8 Å². The fourth-order valence-electron chi connectivity index (χ4n) is 3.09. The highest BCUT2D eigenvalue weighted by Crippen LogP contribution is 2.35. The van der Waals surface area contributed by atoms with Crippen molar-refractivity contribution in [1.82, 2.24) is 4.31 Å². The summed E-state index contributed by atoms with van der Waals surface area (Å²) < 4.78 is 78.9. The van der Waals surface area contributed by atoms with Crippen molar-refractivity contribution >= 4 is 21.6 Å². The number of nitrogens with zero attached hydrogens (tertiary/aromatic N) is 1. The number of amides is 1. The van der Waals surface area contributed by atoms with Gasteiger partial charge in [0.25, 0.3) is 0 Å². The summed E-state index contributed by atoms with van der Waals surface area (Å²) in [6, 6.07) is 7.44. The van der Waals surface area contributed by atoms with Crippen molar-refractivity contribution in [1.29, 1.82) is 0 Å². The third-order valence-corrected chi connectivity index (χ3v) is 6.34. The molecule has 28 heavy (non-hydrogen) atoms. The number of benzene rings is 2. The summed E-state index contributed by atoms with van der Waals surface area (Å²) in [6.45, 7) is 0.0404. The highest BCUT2D eigenvalue weighted by atomic mass is 32.2. The SMILES string of the molecule is O=C(Nc1ccccc1C(F)(F)F)[C@H]1CCCN1S(=O)(=O)c1ccc(F)cc1. The molecule has 2 aromatic carbocycles. The summed E-state index contributed by atoms with van der Waals surface area (Å²) in [7, 11) is -4.10. The largest absolute Gasteiger partial charge is 0.418 e. The summed E-state index contributed by atoms with van der Waals surface area (Å²) in [5.41, 5.74) is -1.46. The Hall–Kier alpha value is -2.46. The minimum absolute atomic E-state index is 0.0404. The number of hydrogen-bond acceptors (Lipinski definition) is 3. The molecular formula is C18H16F4N2O3S. The number of para-hydroxylation sites is 1. The second-order valence-electron chi connectivity index (χ2n) is 6.26. The average Bonchev–Trinajstić information content (AvgIpc) is 3.12. The molecule has 1 amide bonds. The molecule has 1 heterocycles.